The molecule has 0 aliphatic carbocycles. The number of benzene rings is 2. The maximum absolute atomic E-state index is 13.2. The first-order valence-electron chi connectivity index (χ1n) is 8.83. The Morgan fingerprint density at radius 1 is 1.11 bits per heavy atom. The molecule has 0 spiro atoms. The highest BCUT2D eigenvalue weighted by molar-refractivity contribution is 7.98. The molecule has 0 atom stereocenters. The minimum Gasteiger partial charge on any atom is -0.268 e. The highest BCUT2D eigenvalue weighted by Crippen LogP contribution is 2.27. The summed E-state index contributed by atoms with van der Waals surface area (Å²) in [7, 11) is 0. The van der Waals surface area contributed by atoms with Crippen molar-refractivity contribution in [2.45, 2.75) is 30.8 Å². The standard InChI is InChI=1S/C19H17ClN6OS/c1-2-11-25-17(22-23-24-25)12-28-19-21-15-9-5-3-7-13(15)18(27)26(19)16-10-6-4-8-14(16)20/h3-10H,2,11-12H2,1H3. The fourth-order valence-electron chi connectivity index (χ4n) is 2.90. The van der Waals surface area contributed by atoms with E-state index in [1.807, 2.05) is 36.4 Å². The lowest BCUT2D eigenvalue weighted by Crippen LogP contribution is -2.22. The maximum Gasteiger partial charge on any atom is 0.266 e. The third-order valence-electron chi connectivity index (χ3n) is 4.21. The number of rotatable bonds is 6. The van der Waals surface area contributed by atoms with Crippen molar-refractivity contribution in [2.24, 2.45) is 0 Å². The number of fused-ring (bicyclic) bond motifs is 1. The molecule has 9 heteroatoms. The van der Waals surface area contributed by atoms with Crippen molar-refractivity contribution < 1.29 is 0 Å². The van der Waals surface area contributed by atoms with E-state index >= 15 is 0 Å². The van der Waals surface area contributed by atoms with Crippen LogP contribution in [0.3, 0.4) is 0 Å². The second kappa shape index (κ2) is 8.12. The van der Waals surface area contributed by atoms with Gasteiger partial charge in [0.1, 0.15) is 0 Å². The smallest absolute Gasteiger partial charge is 0.266 e. The Balaban J connectivity index is 1.82. The van der Waals surface area contributed by atoms with Crippen molar-refractivity contribution in [3.8, 4) is 5.69 Å². The molecule has 0 amide bonds. The Morgan fingerprint density at radius 3 is 2.71 bits per heavy atom. The number of hydrogen-bond donors (Lipinski definition) is 0. The lowest BCUT2D eigenvalue weighted by atomic mass is 10.2. The van der Waals surface area contributed by atoms with Crippen LogP contribution in [0.4, 0.5) is 0 Å². The van der Waals surface area contributed by atoms with Gasteiger partial charge in [-0.05, 0) is 41.1 Å². The average Bonchev–Trinajstić information content (AvgIpc) is 3.15. The number of nitrogens with zero attached hydrogens (tertiary/aromatic N) is 6. The molecule has 0 bridgehead atoms. The van der Waals surface area contributed by atoms with Crippen molar-refractivity contribution in [2.75, 3.05) is 0 Å². The van der Waals surface area contributed by atoms with Crippen LogP contribution in [0.5, 0.6) is 0 Å². The van der Waals surface area contributed by atoms with Crippen LogP contribution in [-0.2, 0) is 12.3 Å². The van der Waals surface area contributed by atoms with Crippen molar-refractivity contribution in [3.05, 3.63) is 69.7 Å². The van der Waals surface area contributed by atoms with E-state index in [0.29, 0.717) is 32.5 Å². The zero-order chi connectivity index (χ0) is 19.5. The van der Waals surface area contributed by atoms with Crippen molar-refractivity contribution in [1.29, 1.82) is 0 Å². The van der Waals surface area contributed by atoms with Crippen molar-refractivity contribution in [3.63, 3.8) is 0 Å². The van der Waals surface area contributed by atoms with Crippen molar-refractivity contribution >= 4 is 34.3 Å². The highest BCUT2D eigenvalue weighted by atomic mass is 35.5. The summed E-state index contributed by atoms with van der Waals surface area (Å²) < 4.78 is 3.33. The summed E-state index contributed by atoms with van der Waals surface area (Å²) in [5.74, 6) is 1.22. The van der Waals surface area contributed by atoms with Gasteiger partial charge < -0.3 is 0 Å². The van der Waals surface area contributed by atoms with Crippen LogP contribution in [0.2, 0.25) is 5.02 Å². The van der Waals surface area contributed by atoms with Gasteiger partial charge >= 0.3 is 0 Å². The van der Waals surface area contributed by atoms with Gasteiger partial charge in [-0.1, -0.05) is 54.6 Å². The zero-order valence-corrected chi connectivity index (χ0v) is 16.7. The molecule has 2 heterocycles. The minimum atomic E-state index is -0.158. The number of thioether (sulfide) groups is 1. The van der Waals surface area contributed by atoms with Gasteiger partial charge in [0.2, 0.25) is 0 Å². The molecular weight excluding hydrogens is 396 g/mol. The summed E-state index contributed by atoms with van der Waals surface area (Å²) in [5.41, 5.74) is 1.09. The zero-order valence-electron chi connectivity index (χ0n) is 15.1. The topological polar surface area (TPSA) is 78.5 Å². The summed E-state index contributed by atoms with van der Waals surface area (Å²) in [4.78, 5) is 18.0. The van der Waals surface area contributed by atoms with Gasteiger partial charge in [0.25, 0.3) is 5.56 Å². The summed E-state index contributed by atoms with van der Waals surface area (Å²) in [6.45, 7) is 2.81. The summed E-state index contributed by atoms with van der Waals surface area (Å²) in [6.07, 6.45) is 0.932. The van der Waals surface area contributed by atoms with E-state index in [0.717, 1.165) is 18.8 Å². The SMILES string of the molecule is CCCn1nnnc1CSc1nc2ccccc2c(=O)n1-c1ccccc1Cl. The number of hydrogen-bond acceptors (Lipinski definition) is 6. The van der Waals surface area contributed by atoms with Crippen LogP contribution in [-0.4, -0.2) is 29.8 Å². The van der Waals surface area contributed by atoms with E-state index in [-0.39, 0.29) is 5.56 Å². The molecule has 2 aromatic carbocycles. The van der Waals surface area contributed by atoms with E-state index < -0.39 is 0 Å². The molecule has 0 radical (unpaired) electrons. The molecule has 0 unspecified atom stereocenters. The molecule has 0 aliphatic rings. The summed E-state index contributed by atoms with van der Waals surface area (Å²) in [6, 6.07) is 14.5. The van der Waals surface area contributed by atoms with Gasteiger partial charge in [-0.2, -0.15) is 0 Å². The van der Waals surface area contributed by atoms with E-state index in [2.05, 4.69) is 22.4 Å². The van der Waals surface area contributed by atoms with Crippen LogP contribution in [0.25, 0.3) is 16.6 Å². The quantitative estimate of drug-likeness (QED) is 0.354. The summed E-state index contributed by atoms with van der Waals surface area (Å²) >= 11 is 7.79. The third-order valence-corrected chi connectivity index (χ3v) is 5.46. The molecule has 0 saturated carbocycles. The predicted octanol–water partition coefficient (Wildman–Crippen LogP) is 3.73. The first-order valence-corrected chi connectivity index (χ1v) is 10.2. The predicted molar refractivity (Wildman–Crippen MR) is 110 cm³/mol. The Bertz CT molecular complexity index is 1190. The third kappa shape index (κ3) is 3.53. The van der Waals surface area contributed by atoms with Crippen LogP contribution in [0.15, 0.2) is 58.5 Å². The van der Waals surface area contributed by atoms with Crippen LogP contribution < -0.4 is 5.56 Å². The number of tetrazole rings is 1. The van der Waals surface area contributed by atoms with E-state index in [9.17, 15) is 4.79 Å². The number of para-hydroxylation sites is 2. The second-order valence-corrected chi connectivity index (χ2v) is 7.46. The van der Waals surface area contributed by atoms with Crippen LogP contribution in [0.1, 0.15) is 19.2 Å². The minimum absolute atomic E-state index is 0.158. The lowest BCUT2D eigenvalue weighted by molar-refractivity contribution is 0.564. The molecule has 28 heavy (non-hydrogen) atoms. The van der Waals surface area contributed by atoms with Gasteiger partial charge in [-0.3, -0.25) is 9.36 Å². The Labute approximate surface area is 170 Å². The number of aromatic nitrogens is 6. The lowest BCUT2D eigenvalue weighted by Gasteiger charge is -2.14. The molecule has 7 nitrogen and oxygen atoms in total. The molecule has 0 N–H and O–H groups in total. The first-order chi connectivity index (χ1) is 13.7. The summed E-state index contributed by atoms with van der Waals surface area (Å²) in [5, 5.41) is 13.4. The molecule has 4 rings (SSSR count). The Morgan fingerprint density at radius 2 is 1.89 bits per heavy atom. The first kappa shape index (κ1) is 18.6. The normalized spacial score (nSPS) is 11.2. The van der Waals surface area contributed by atoms with Gasteiger partial charge in [-0.25, -0.2) is 9.67 Å². The molecule has 0 aliphatic heterocycles. The van der Waals surface area contributed by atoms with Gasteiger partial charge in [-0.15, -0.1) is 5.10 Å². The number of aryl methyl sites for hydroxylation is 1. The molecule has 142 valence electrons. The number of halogens is 1. The Hall–Kier alpha value is -2.71. The van der Waals surface area contributed by atoms with E-state index in [4.69, 9.17) is 16.6 Å². The van der Waals surface area contributed by atoms with Gasteiger partial charge in [0.15, 0.2) is 11.0 Å². The molecule has 4 aromatic rings. The average molecular weight is 413 g/mol. The monoisotopic (exact) mass is 412 g/mol. The van der Waals surface area contributed by atoms with E-state index in [1.165, 1.54) is 11.8 Å². The molecule has 0 saturated heterocycles. The van der Waals surface area contributed by atoms with Gasteiger partial charge in [0.05, 0.1) is 27.4 Å². The maximum atomic E-state index is 13.2. The molecular formula is C19H17ClN6OS. The fourth-order valence-corrected chi connectivity index (χ4v) is 4.05. The van der Waals surface area contributed by atoms with Gasteiger partial charge in [0, 0.05) is 6.54 Å². The fraction of sp³-hybridized carbons (Fsp3) is 0.211. The second-order valence-electron chi connectivity index (χ2n) is 6.11. The van der Waals surface area contributed by atoms with Crippen LogP contribution in [0, 0.1) is 0 Å². The Kier molecular flexibility index (Phi) is 5.40. The highest BCUT2D eigenvalue weighted by Gasteiger charge is 2.16. The van der Waals surface area contributed by atoms with Crippen LogP contribution >= 0.6 is 23.4 Å². The van der Waals surface area contributed by atoms with Crippen molar-refractivity contribution in [1.82, 2.24) is 29.8 Å². The molecule has 2 aromatic heterocycles. The molecule has 0 fully saturated rings. The van der Waals surface area contributed by atoms with E-state index in [1.54, 1.807) is 21.4 Å². The largest absolute Gasteiger partial charge is 0.268 e.